The monoisotopic (exact) mass is 415 g/mol. The van der Waals surface area contributed by atoms with Gasteiger partial charge in [0.15, 0.2) is 0 Å². The number of hydrogen-bond acceptors (Lipinski definition) is 6. The topological polar surface area (TPSA) is 71.6 Å². The lowest BCUT2D eigenvalue weighted by Crippen LogP contribution is -2.24. The van der Waals surface area contributed by atoms with Crippen LogP contribution in [0.1, 0.15) is 29.5 Å². The van der Waals surface area contributed by atoms with E-state index in [1.807, 2.05) is 49.4 Å². The average molecular weight is 415 g/mol. The Kier molecular flexibility index (Phi) is 5.18. The van der Waals surface area contributed by atoms with Crippen molar-refractivity contribution in [3.05, 3.63) is 77.7 Å². The first-order valence-electron chi connectivity index (χ1n) is 10.5. The summed E-state index contributed by atoms with van der Waals surface area (Å²) in [5.41, 5.74) is 3.25. The van der Waals surface area contributed by atoms with Crippen molar-refractivity contribution in [3.8, 4) is 17.1 Å². The van der Waals surface area contributed by atoms with Gasteiger partial charge in [0.25, 0.3) is 0 Å². The third-order valence-electron chi connectivity index (χ3n) is 5.95. The van der Waals surface area contributed by atoms with Crippen LogP contribution in [0.5, 0.6) is 5.75 Å². The van der Waals surface area contributed by atoms with E-state index >= 15 is 0 Å². The standard InChI is InChI=1S/C25H25N3O3/c1-16-6-5-7-17(12-16)24-26-25(31-27-24)22-13-19(29)15-28(22)14-18-10-11-23(30-2)21-9-4-3-8-20(18)21/h3-12,19,22,29H,13-15H2,1-2H3. The molecule has 0 radical (unpaired) electrons. The van der Waals surface area contributed by atoms with Crippen LogP contribution in [0.3, 0.4) is 0 Å². The number of benzene rings is 3. The second-order valence-electron chi connectivity index (χ2n) is 8.13. The largest absolute Gasteiger partial charge is 0.496 e. The molecule has 2 atom stereocenters. The zero-order chi connectivity index (χ0) is 21.4. The number of methoxy groups -OCH3 is 1. The highest BCUT2D eigenvalue weighted by atomic mass is 16.5. The quantitative estimate of drug-likeness (QED) is 0.517. The summed E-state index contributed by atoms with van der Waals surface area (Å²) in [7, 11) is 1.69. The second kappa shape index (κ2) is 8.13. The molecule has 1 saturated heterocycles. The minimum Gasteiger partial charge on any atom is -0.496 e. The Morgan fingerprint density at radius 3 is 2.74 bits per heavy atom. The molecule has 1 aromatic heterocycles. The molecular weight excluding hydrogens is 390 g/mol. The van der Waals surface area contributed by atoms with Crippen molar-refractivity contribution in [1.29, 1.82) is 0 Å². The Labute approximate surface area is 181 Å². The third kappa shape index (κ3) is 3.80. The zero-order valence-corrected chi connectivity index (χ0v) is 17.7. The van der Waals surface area contributed by atoms with Crippen LogP contribution in [-0.2, 0) is 6.54 Å². The van der Waals surface area contributed by atoms with Crippen LogP contribution in [0.25, 0.3) is 22.2 Å². The van der Waals surface area contributed by atoms with Crippen LogP contribution < -0.4 is 4.74 Å². The van der Waals surface area contributed by atoms with Gasteiger partial charge in [-0.25, -0.2) is 0 Å². The average Bonchev–Trinajstić information content (AvgIpc) is 3.41. The maximum Gasteiger partial charge on any atom is 0.244 e. The molecule has 0 amide bonds. The number of nitrogens with zero attached hydrogens (tertiary/aromatic N) is 3. The van der Waals surface area contributed by atoms with E-state index in [0.29, 0.717) is 31.2 Å². The molecule has 6 heteroatoms. The minimum atomic E-state index is -0.427. The molecule has 0 bridgehead atoms. The van der Waals surface area contributed by atoms with Crippen LogP contribution in [-0.4, -0.2) is 39.9 Å². The van der Waals surface area contributed by atoms with E-state index in [1.165, 1.54) is 5.56 Å². The number of aliphatic hydroxyl groups excluding tert-OH is 1. The van der Waals surface area contributed by atoms with Crippen LogP contribution in [0.15, 0.2) is 65.2 Å². The molecule has 1 aliphatic rings. The maximum absolute atomic E-state index is 10.4. The van der Waals surface area contributed by atoms with E-state index in [2.05, 4.69) is 33.2 Å². The van der Waals surface area contributed by atoms with Crippen molar-refractivity contribution in [2.75, 3.05) is 13.7 Å². The summed E-state index contributed by atoms with van der Waals surface area (Å²) in [6.45, 7) is 3.28. The fourth-order valence-electron chi connectivity index (χ4n) is 4.45. The van der Waals surface area contributed by atoms with E-state index in [0.717, 1.165) is 27.6 Å². The van der Waals surface area contributed by atoms with Crippen LogP contribution in [0.2, 0.25) is 0 Å². The van der Waals surface area contributed by atoms with Gasteiger partial charge < -0.3 is 14.4 Å². The fourth-order valence-corrected chi connectivity index (χ4v) is 4.45. The molecule has 3 aromatic carbocycles. The summed E-state index contributed by atoms with van der Waals surface area (Å²) in [6.07, 6.45) is 0.146. The summed E-state index contributed by atoms with van der Waals surface area (Å²) >= 11 is 0. The molecule has 2 heterocycles. The molecule has 0 aliphatic carbocycles. The van der Waals surface area contributed by atoms with Crippen molar-refractivity contribution in [3.63, 3.8) is 0 Å². The summed E-state index contributed by atoms with van der Waals surface area (Å²) < 4.78 is 11.2. The van der Waals surface area contributed by atoms with Crippen molar-refractivity contribution in [2.45, 2.75) is 32.0 Å². The molecule has 31 heavy (non-hydrogen) atoms. The lowest BCUT2D eigenvalue weighted by molar-refractivity contribution is 0.169. The first kappa shape index (κ1) is 19.7. The first-order valence-corrected chi connectivity index (χ1v) is 10.5. The number of β-amino-alcohol motifs (C(OH)–C–C–N with tert-alkyl or cyclic N) is 1. The fraction of sp³-hybridized carbons (Fsp3) is 0.280. The summed E-state index contributed by atoms with van der Waals surface area (Å²) in [4.78, 5) is 6.88. The van der Waals surface area contributed by atoms with E-state index in [-0.39, 0.29) is 6.04 Å². The highest BCUT2D eigenvalue weighted by molar-refractivity contribution is 5.91. The Morgan fingerprint density at radius 1 is 1.10 bits per heavy atom. The van der Waals surface area contributed by atoms with Crippen molar-refractivity contribution < 1.29 is 14.4 Å². The molecule has 1 N–H and O–H groups in total. The zero-order valence-electron chi connectivity index (χ0n) is 17.7. The van der Waals surface area contributed by atoms with Gasteiger partial charge in [0.1, 0.15) is 5.75 Å². The predicted molar refractivity (Wildman–Crippen MR) is 119 cm³/mol. The number of ether oxygens (including phenoxy) is 1. The van der Waals surface area contributed by atoms with Gasteiger partial charge in [-0.3, -0.25) is 4.90 Å². The number of aryl methyl sites for hydroxylation is 1. The molecule has 1 fully saturated rings. The van der Waals surface area contributed by atoms with E-state index in [9.17, 15) is 5.11 Å². The van der Waals surface area contributed by atoms with Gasteiger partial charge in [0.2, 0.25) is 11.7 Å². The second-order valence-corrected chi connectivity index (χ2v) is 8.13. The normalized spacial score (nSPS) is 19.2. The molecule has 158 valence electrons. The van der Waals surface area contributed by atoms with Crippen LogP contribution in [0, 0.1) is 6.92 Å². The highest BCUT2D eigenvalue weighted by Gasteiger charge is 2.36. The highest BCUT2D eigenvalue weighted by Crippen LogP contribution is 2.36. The van der Waals surface area contributed by atoms with Gasteiger partial charge in [-0.1, -0.05) is 59.3 Å². The molecule has 4 aromatic rings. The van der Waals surface area contributed by atoms with Gasteiger partial charge >= 0.3 is 0 Å². The number of fused-ring (bicyclic) bond motifs is 1. The summed E-state index contributed by atoms with van der Waals surface area (Å²) in [6, 6.07) is 20.2. The van der Waals surface area contributed by atoms with Crippen LogP contribution >= 0.6 is 0 Å². The minimum absolute atomic E-state index is 0.123. The molecule has 6 nitrogen and oxygen atoms in total. The lowest BCUT2D eigenvalue weighted by atomic mass is 10.0. The Balaban J connectivity index is 1.45. The molecule has 1 aliphatic heterocycles. The van der Waals surface area contributed by atoms with Crippen LogP contribution in [0.4, 0.5) is 0 Å². The first-order chi connectivity index (χ1) is 15.1. The Hall–Kier alpha value is -3.22. The maximum atomic E-state index is 10.4. The van der Waals surface area contributed by atoms with Crippen molar-refractivity contribution >= 4 is 10.8 Å². The summed E-state index contributed by atoms with van der Waals surface area (Å²) in [5, 5.41) is 16.8. The van der Waals surface area contributed by atoms with Crippen molar-refractivity contribution in [2.24, 2.45) is 0 Å². The third-order valence-corrected chi connectivity index (χ3v) is 5.95. The van der Waals surface area contributed by atoms with Gasteiger partial charge in [-0.2, -0.15) is 4.98 Å². The van der Waals surface area contributed by atoms with Gasteiger partial charge in [-0.05, 0) is 36.4 Å². The molecule has 2 unspecified atom stereocenters. The van der Waals surface area contributed by atoms with E-state index in [1.54, 1.807) is 7.11 Å². The number of likely N-dealkylation sites (tertiary alicyclic amines) is 1. The number of hydrogen-bond donors (Lipinski definition) is 1. The van der Waals surface area contributed by atoms with Gasteiger partial charge in [-0.15, -0.1) is 0 Å². The lowest BCUT2D eigenvalue weighted by Gasteiger charge is -2.22. The van der Waals surface area contributed by atoms with Crippen molar-refractivity contribution in [1.82, 2.24) is 15.0 Å². The van der Waals surface area contributed by atoms with E-state index in [4.69, 9.17) is 9.26 Å². The molecule has 0 saturated carbocycles. The van der Waals surface area contributed by atoms with Gasteiger partial charge in [0, 0.05) is 24.0 Å². The Morgan fingerprint density at radius 2 is 1.94 bits per heavy atom. The molecule has 5 rings (SSSR count). The predicted octanol–water partition coefficient (Wildman–Crippen LogP) is 4.51. The SMILES string of the molecule is COc1ccc(CN2CC(O)CC2c2nc(-c3cccc(C)c3)no2)c2ccccc12. The molecule has 0 spiro atoms. The van der Waals surface area contributed by atoms with Gasteiger partial charge in [0.05, 0.1) is 19.3 Å². The number of aliphatic hydroxyl groups is 1. The van der Waals surface area contributed by atoms with E-state index < -0.39 is 6.10 Å². The number of rotatable bonds is 5. The molecular formula is C25H25N3O3. The smallest absolute Gasteiger partial charge is 0.244 e. The number of aromatic nitrogens is 2. The Bertz CT molecular complexity index is 1220. The summed E-state index contributed by atoms with van der Waals surface area (Å²) in [5.74, 6) is 1.98.